The molecule has 0 aliphatic rings. The lowest BCUT2D eigenvalue weighted by molar-refractivity contribution is -0.120. The molecule has 0 aromatic carbocycles. The Hall–Kier alpha value is -1.98. The summed E-state index contributed by atoms with van der Waals surface area (Å²) in [5, 5.41) is 4.71. The summed E-state index contributed by atoms with van der Waals surface area (Å²) in [6.07, 6.45) is 3.55. The normalized spacial score (nSPS) is 11.6. The first-order valence-electron chi connectivity index (χ1n) is 5.11. The first-order valence-corrected chi connectivity index (χ1v) is 5.11. The molecule has 0 radical (unpaired) electrons. The summed E-state index contributed by atoms with van der Waals surface area (Å²) in [6.45, 7) is 3.94. The molecular weight excluding hydrogens is 208 g/mol. The van der Waals surface area contributed by atoms with Crippen LogP contribution >= 0.6 is 0 Å². The van der Waals surface area contributed by atoms with Gasteiger partial charge in [0.05, 0.1) is 0 Å². The Kier molecular flexibility index (Phi) is 4.38. The van der Waals surface area contributed by atoms with Crippen LogP contribution in [0.2, 0.25) is 0 Å². The van der Waals surface area contributed by atoms with Gasteiger partial charge in [0.15, 0.2) is 0 Å². The Bertz CT molecular complexity index is 348. The van der Waals surface area contributed by atoms with Crippen molar-refractivity contribution in [1.82, 2.24) is 15.3 Å². The summed E-state index contributed by atoms with van der Waals surface area (Å²) < 4.78 is 1.65. The maximum Gasteiger partial charge on any atom is 0.321 e. The molecule has 6 heteroatoms. The lowest BCUT2D eigenvalue weighted by Gasteiger charge is -2.15. The first kappa shape index (κ1) is 12.1. The Morgan fingerprint density at radius 1 is 1.31 bits per heavy atom. The smallest absolute Gasteiger partial charge is 0.321 e. The molecule has 0 bridgehead atoms. The standard InChI is InChI=1S/C10H16N4O2/c1-3-11-10(16)12-9(15)8(2)13-14-6-4-5-7-14/h4-8,13H,3H2,1-2H3,(H2,11,12,15,16). The Labute approximate surface area is 94.0 Å². The third-order valence-corrected chi connectivity index (χ3v) is 1.91. The number of rotatable bonds is 4. The van der Waals surface area contributed by atoms with Crippen molar-refractivity contribution in [2.24, 2.45) is 0 Å². The second-order valence-corrected chi connectivity index (χ2v) is 3.29. The number of aromatic nitrogens is 1. The molecule has 0 saturated carbocycles. The van der Waals surface area contributed by atoms with Crippen LogP contribution in [0.15, 0.2) is 24.5 Å². The van der Waals surface area contributed by atoms with Crippen molar-refractivity contribution in [1.29, 1.82) is 0 Å². The van der Waals surface area contributed by atoms with Gasteiger partial charge in [0, 0.05) is 18.9 Å². The molecule has 1 heterocycles. The molecule has 88 valence electrons. The highest BCUT2D eigenvalue weighted by Crippen LogP contribution is 1.90. The quantitative estimate of drug-likeness (QED) is 0.687. The van der Waals surface area contributed by atoms with Crippen LogP contribution in [-0.2, 0) is 4.79 Å². The molecule has 0 fully saturated rings. The van der Waals surface area contributed by atoms with E-state index in [2.05, 4.69) is 16.1 Å². The third kappa shape index (κ3) is 3.64. The van der Waals surface area contributed by atoms with E-state index < -0.39 is 12.1 Å². The van der Waals surface area contributed by atoms with Crippen molar-refractivity contribution in [3.8, 4) is 0 Å². The molecular formula is C10H16N4O2. The minimum absolute atomic E-state index is 0.375. The van der Waals surface area contributed by atoms with Gasteiger partial charge in [0.1, 0.15) is 6.04 Å². The van der Waals surface area contributed by atoms with Gasteiger partial charge in [0.25, 0.3) is 5.91 Å². The molecule has 0 saturated heterocycles. The van der Waals surface area contributed by atoms with Crippen LogP contribution in [0, 0.1) is 0 Å². The largest absolute Gasteiger partial charge is 0.338 e. The van der Waals surface area contributed by atoms with Crippen molar-refractivity contribution in [3.63, 3.8) is 0 Å². The van der Waals surface area contributed by atoms with Gasteiger partial charge in [-0.3, -0.25) is 14.8 Å². The van der Waals surface area contributed by atoms with Crippen molar-refractivity contribution in [2.45, 2.75) is 19.9 Å². The summed E-state index contributed by atoms with van der Waals surface area (Å²) in [5.41, 5.74) is 2.89. The average molecular weight is 224 g/mol. The van der Waals surface area contributed by atoms with E-state index in [1.165, 1.54) is 0 Å². The fraction of sp³-hybridized carbons (Fsp3) is 0.400. The van der Waals surface area contributed by atoms with Gasteiger partial charge in [-0.25, -0.2) is 4.79 Å². The predicted molar refractivity (Wildman–Crippen MR) is 60.5 cm³/mol. The lowest BCUT2D eigenvalue weighted by Crippen LogP contribution is -2.47. The van der Waals surface area contributed by atoms with Crippen LogP contribution in [-0.4, -0.2) is 29.2 Å². The SMILES string of the molecule is CCNC(=O)NC(=O)C(C)Nn1cccc1. The number of urea groups is 1. The minimum Gasteiger partial charge on any atom is -0.338 e. The van der Waals surface area contributed by atoms with Gasteiger partial charge in [-0.15, -0.1) is 0 Å². The molecule has 0 spiro atoms. The number of nitrogens with one attached hydrogen (secondary N) is 3. The van der Waals surface area contributed by atoms with E-state index in [1.807, 2.05) is 12.1 Å². The highest BCUT2D eigenvalue weighted by Gasteiger charge is 2.14. The van der Waals surface area contributed by atoms with E-state index in [0.29, 0.717) is 6.54 Å². The van der Waals surface area contributed by atoms with Crippen LogP contribution in [0.1, 0.15) is 13.8 Å². The number of imide groups is 1. The topological polar surface area (TPSA) is 75.2 Å². The molecule has 1 aromatic rings. The Morgan fingerprint density at radius 2 is 1.94 bits per heavy atom. The fourth-order valence-corrected chi connectivity index (χ4v) is 1.13. The summed E-state index contributed by atoms with van der Waals surface area (Å²) in [6, 6.07) is 2.70. The molecule has 16 heavy (non-hydrogen) atoms. The van der Waals surface area contributed by atoms with E-state index in [9.17, 15) is 9.59 Å². The fourth-order valence-electron chi connectivity index (χ4n) is 1.13. The molecule has 3 amide bonds. The second kappa shape index (κ2) is 5.79. The van der Waals surface area contributed by atoms with Gasteiger partial charge < -0.3 is 10.7 Å². The van der Waals surface area contributed by atoms with E-state index in [0.717, 1.165) is 0 Å². The number of carbonyl (C=O) groups excluding carboxylic acids is 2. The summed E-state index contributed by atoms with van der Waals surface area (Å²) in [4.78, 5) is 22.6. The van der Waals surface area contributed by atoms with Crippen LogP contribution in [0.25, 0.3) is 0 Å². The second-order valence-electron chi connectivity index (χ2n) is 3.29. The molecule has 1 aromatic heterocycles. The zero-order valence-electron chi connectivity index (χ0n) is 9.36. The molecule has 0 aliphatic carbocycles. The van der Waals surface area contributed by atoms with Crippen LogP contribution in [0.5, 0.6) is 0 Å². The van der Waals surface area contributed by atoms with Crippen LogP contribution in [0.3, 0.4) is 0 Å². The first-order chi connectivity index (χ1) is 7.63. The summed E-state index contributed by atoms with van der Waals surface area (Å²) in [5.74, 6) is -0.375. The molecule has 3 N–H and O–H groups in total. The monoisotopic (exact) mass is 224 g/mol. The predicted octanol–water partition coefficient (Wildman–Crippen LogP) is 0.266. The van der Waals surface area contributed by atoms with Crippen molar-refractivity contribution < 1.29 is 9.59 Å². The molecule has 1 atom stereocenters. The van der Waals surface area contributed by atoms with Gasteiger partial charge in [-0.2, -0.15) is 0 Å². The summed E-state index contributed by atoms with van der Waals surface area (Å²) in [7, 11) is 0. The van der Waals surface area contributed by atoms with Gasteiger partial charge in [0.2, 0.25) is 0 Å². The van der Waals surface area contributed by atoms with Crippen LogP contribution in [0.4, 0.5) is 4.79 Å². The minimum atomic E-state index is -0.491. The molecule has 0 aliphatic heterocycles. The number of carbonyl (C=O) groups is 2. The Balaban J connectivity index is 2.39. The molecule has 1 unspecified atom stereocenters. The average Bonchev–Trinajstić information content (AvgIpc) is 2.70. The molecule has 1 rings (SSSR count). The lowest BCUT2D eigenvalue weighted by atomic mass is 10.3. The zero-order valence-corrected chi connectivity index (χ0v) is 9.36. The van der Waals surface area contributed by atoms with E-state index in [4.69, 9.17) is 0 Å². The van der Waals surface area contributed by atoms with Gasteiger partial charge >= 0.3 is 6.03 Å². The highest BCUT2D eigenvalue weighted by molar-refractivity contribution is 5.97. The third-order valence-electron chi connectivity index (χ3n) is 1.91. The number of amides is 3. The maximum absolute atomic E-state index is 11.5. The van der Waals surface area contributed by atoms with E-state index >= 15 is 0 Å². The van der Waals surface area contributed by atoms with E-state index in [1.54, 1.807) is 30.9 Å². The van der Waals surface area contributed by atoms with Crippen LogP contribution < -0.4 is 16.1 Å². The highest BCUT2D eigenvalue weighted by atomic mass is 16.2. The van der Waals surface area contributed by atoms with Crippen molar-refractivity contribution in [2.75, 3.05) is 12.0 Å². The Morgan fingerprint density at radius 3 is 2.50 bits per heavy atom. The number of hydrogen-bond acceptors (Lipinski definition) is 3. The number of nitrogens with zero attached hydrogens (tertiary/aromatic N) is 1. The van der Waals surface area contributed by atoms with Crippen molar-refractivity contribution >= 4 is 11.9 Å². The van der Waals surface area contributed by atoms with Crippen molar-refractivity contribution in [3.05, 3.63) is 24.5 Å². The maximum atomic E-state index is 11.5. The summed E-state index contributed by atoms with van der Waals surface area (Å²) >= 11 is 0. The van der Waals surface area contributed by atoms with Gasteiger partial charge in [-0.1, -0.05) is 0 Å². The zero-order chi connectivity index (χ0) is 12.0. The van der Waals surface area contributed by atoms with E-state index in [-0.39, 0.29) is 5.91 Å². The molecule has 6 nitrogen and oxygen atoms in total. The number of hydrogen-bond donors (Lipinski definition) is 3. The van der Waals surface area contributed by atoms with Gasteiger partial charge in [-0.05, 0) is 26.0 Å².